The lowest BCUT2D eigenvalue weighted by Gasteiger charge is -2.12. The van der Waals surface area contributed by atoms with E-state index in [0.29, 0.717) is 21.4 Å². The Kier molecular flexibility index (Phi) is 5.95. The van der Waals surface area contributed by atoms with E-state index in [2.05, 4.69) is 26.5 Å². The molecule has 0 bridgehead atoms. The van der Waals surface area contributed by atoms with Crippen LogP contribution >= 0.6 is 15.9 Å². The Bertz CT molecular complexity index is 1030. The Morgan fingerprint density at radius 2 is 2.07 bits per heavy atom. The zero-order chi connectivity index (χ0) is 20.1. The molecule has 0 aliphatic carbocycles. The summed E-state index contributed by atoms with van der Waals surface area (Å²) in [7, 11) is 1.43. The normalized spacial score (nSPS) is 10.9. The molecule has 0 saturated heterocycles. The van der Waals surface area contributed by atoms with Gasteiger partial charge in [-0.3, -0.25) is 4.79 Å². The lowest BCUT2D eigenvalue weighted by atomic mass is 10.2. The number of amides is 1. The highest BCUT2D eigenvalue weighted by Crippen LogP contribution is 2.36. The van der Waals surface area contributed by atoms with Crippen molar-refractivity contribution < 1.29 is 28.6 Å². The van der Waals surface area contributed by atoms with Crippen molar-refractivity contribution >= 4 is 45.0 Å². The predicted molar refractivity (Wildman–Crippen MR) is 105 cm³/mol. The average molecular weight is 447 g/mol. The van der Waals surface area contributed by atoms with E-state index >= 15 is 0 Å². The molecule has 0 radical (unpaired) electrons. The first kappa shape index (κ1) is 19.4. The van der Waals surface area contributed by atoms with E-state index in [9.17, 15) is 9.59 Å². The van der Waals surface area contributed by atoms with E-state index in [1.807, 2.05) is 18.2 Å². The summed E-state index contributed by atoms with van der Waals surface area (Å²) < 4.78 is 16.4. The maximum Gasteiger partial charge on any atom is 0.341 e. The first-order chi connectivity index (χ1) is 13.5. The van der Waals surface area contributed by atoms with Crippen LogP contribution in [0.4, 0.5) is 0 Å². The van der Waals surface area contributed by atoms with Crippen LogP contribution in [-0.2, 0) is 4.79 Å². The number of furan rings is 1. The van der Waals surface area contributed by atoms with Gasteiger partial charge in [0.1, 0.15) is 5.58 Å². The third-order valence-electron chi connectivity index (χ3n) is 3.62. The highest BCUT2D eigenvalue weighted by molar-refractivity contribution is 9.10. The van der Waals surface area contributed by atoms with Gasteiger partial charge in [0.25, 0.3) is 0 Å². The van der Waals surface area contributed by atoms with E-state index in [-0.39, 0.29) is 11.5 Å². The van der Waals surface area contributed by atoms with Crippen LogP contribution in [0.5, 0.6) is 11.5 Å². The van der Waals surface area contributed by atoms with Crippen molar-refractivity contribution in [2.45, 2.75) is 0 Å². The van der Waals surface area contributed by atoms with Gasteiger partial charge in [-0.2, -0.15) is 5.10 Å². The molecule has 0 unspecified atom stereocenters. The Balaban J connectivity index is 1.71. The summed E-state index contributed by atoms with van der Waals surface area (Å²) in [5, 5.41) is 13.5. The van der Waals surface area contributed by atoms with Gasteiger partial charge in [0.15, 0.2) is 23.9 Å². The molecule has 2 N–H and O–H groups in total. The maximum absolute atomic E-state index is 12.2. The summed E-state index contributed by atoms with van der Waals surface area (Å²) in [6.07, 6.45) is 1.41. The summed E-state index contributed by atoms with van der Waals surface area (Å²) in [4.78, 5) is 22.8. The zero-order valence-corrected chi connectivity index (χ0v) is 16.2. The number of para-hydroxylation sites is 1. The summed E-state index contributed by atoms with van der Waals surface area (Å²) in [6.45, 7) is -0.504. The molecule has 3 rings (SSSR count). The van der Waals surface area contributed by atoms with Gasteiger partial charge in [0.05, 0.1) is 17.8 Å². The molecule has 0 saturated carbocycles. The van der Waals surface area contributed by atoms with Crippen LogP contribution < -0.4 is 14.9 Å². The number of carbonyl (C=O) groups is 2. The fraction of sp³-hybridized carbons (Fsp3) is 0.105. The van der Waals surface area contributed by atoms with Gasteiger partial charge in [-0.05, 0) is 45.8 Å². The molecule has 8 nitrogen and oxygen atoms in total. The summed E-state index contributed by atoms with van der Waals surface area (Å²) in [5.74, 6) is -0.864. The van der Waals surface area contributed by atoms with Gasteiger partial charge in [0.2, 0.25) is 0 Å². The SMILES string of the molecule is COc1cc(/C=N/NC(=O)c2cc3ccccc3o2)cc(Br)c1OCC(=O)O. The monoisotopic (exact) mass is 446 g/mol. The van der Waals surface area contributed by atoms with E-state index in [1.165, 1.54) is 13.3 Å². The van der Waals surface area contributed by atoms with Gasteiger partial charge >= 0.3 is 11.9 Å². The van der Waals surface area contributed by atoms with E-state index in [4.69, 9.17) is 19.0 Å². The molecule has 2 aromatic carbocycles. The topological polar surface area (TPSA) is 110 Å². The number of halogens is 1. The number of hydrogen-bond donors (Lipinski definition) is 2. The van der Waals surface area contributed by atoms with Crippen molar-refractivity contribution in [1.29, 1.82) is 0 Å². The standard InChI is InChI=1S/C19H15BrN2O6/c1-26-15-7-11(6-13(20)18(15)27-10-17(23)24)9-21-22-19(25)16-8-12-4-2-3-5-14(12)28-16/h2-9H,10H2,1H3,(H,22,25)(H,23,24)/b21-9+. The quantitative estimate of drug-likeness (QED) is 0.424. The molecule has 1 amide bonds. The van der Waals surface area contributed by atoms with Crippen molar-refractivity contribution in [1.82, 2.24) is 5.43 Å². The van der Waals surface area contributed by atoms with Crippen LogP contribution in [0, 0.1) is 0 Å². The minimum atomic E-state index is -1.10. The van der Waals surface area contributed by atoms with Crippen LogP contribution in [-0.4, -0.2) is 36.9 Å². The number of carbonyl (C=O) groups excluding carboxylic acids is 1. The van der Waals surface area contributed by atoms with Gasteiger partial charge < -0.3 is 19.0 Å². The zero-order valence-electron chi connectivity index (χ0n) is 14.6. The highest BCUT2D eigenvalue weighted by Gasteiger charge is 2.13. The number of benzene rings is 2. The molecular weight excluding hydrogens is 432 g/mol. The minimum Gasteiger partial charge on any atom is -0.493 e. The van der Waals surface area contributed by atoms with Crippen molar-refractivity contribution in [3.63, 3.8) is 0 Å². The smallest absolute Gasteiger partial charge is 0.341 e. The number of carboxylic acids is 1. The van der Waals surface area contributed by atoms with E-state index in [1.54, 1.807) is 24.3 Å². The molecule has 1 aromatic heterocycles. The summed E-state index contributed by atoms with van der Waals surface area (Å²) in [5.41, 5.74) is 3.60. The number of rotatable bonds is 7. The molecule has 0 spiro atoms. The fourth-order valence-corrected chi connectivity index (χ4v) is 2.98. The third kappa shape index (κ3) is 4.49. The van der Waals surface area contributed by atoms with Gasteiger partial charge in [0, 0.05) is 5.39 Å². The number of carboxylic acid groups (broad SMARTS) is 1. The van der Waals surface area contributed by atoms with Gasteiger partial charge in [-0.25, -0.2) is 10.2 Å². The molecule has 144 valence electrons. The molecule has 0 aliphatic heterocycles. The largest absolute Gasteiger partial charge is 0.493 e. The molecule has 3 aromatic rings. The predicted octanol–water partition coefficient (Wildman–Crippen LogP) is 3.43. The average Bonchev–Trinajstić information content (AvgIpc) is 3.11. The maximum atomic E-state index is 12.2. The number of hydrogen-bond acceptors (Lipinski definition) is 6. The molecule has 0 fully saturated rings. The Labute approximate surface area is 167 Å². The summed E-state index contributed by atoms with van der Waals surface area (Å²) >= 11 is 3.30. The molecular formula is C19H15BrN2O6. The number of fused-ring (bicyclic) bond motifs is 1. The van der Waals surface area contributed by atoms with Crippen LogP contribution in [0.3, 0.4) is 0 Å². The number of hydrazone groups is 1. The van der Waals surface area contributed by atoms with Crippen molar-refractivity contribution in [2.24, 2.45) is 5.10 Å². The van der Waals surface area contributed by atoms with Crippen molar-refractivity contribution in [3.8, 4) is 11.5 Å². The lowest BCUT2D eigenvalue weighted by molar-refractivity contribution is -0.139. The van der Waals surface area contributed by atoms with Crippen molar-refractivity contribution in [2.75, 3.05) is 13.7 Å². The minimum absolute atomic E-state index is 0.148. The van der Waals surface area contributed by atoms with Crippen molar-refractivity contribution in [3.05, 3.63) is 58.3 Å². The van der Waals surface area contributed by atoms with Crippen LogP contribution in [0.1, 0.15) is 16.1 Å². The second-order valence-electron chi connectivity index (χ2n) is 5.56. The molecule has 0 aliphatic rings. The Hall–Kier alpha value is -3.33. The lowest BCUT2D eigenvalue weighted by Crippen LogP contribution is -2.16. The molecule has 0 atom stereocenters. The number of aliphatic carboxylic acids is 1. The fourth-order valence-electron chi connectivity index (χ4n) is 2.40. The molecule has 28 heavy (non-hydrogen) atoms. The number of nitrogens with zero attached hydrogens (tertiary/aromatic N) is 1. The first-order valence-electron chi connectivity index (χ1n) is 8.02. The van der Waals surface area contributed by atoms with E-state index in [0.717, 1.165) is 5.39 Å². The summed E-state index contributed by atoms with van der Waals surface area (Å²) in [6, 6.07) is 12.2. The Morgan fingerprint density at radius 3 is 2.79 bits per heavy atom. The highest BCUT2D eigenvalue weighted by atomic mass is 79.9. The van der Waals surface area contributed by atoms with Crippen LogP contribution in [0.15, 0.2) is 56.5 Å². The number of methoxy groups -OCH3 is 1. The van der Waals surface area contributed by atoms with Gasteiger partial charge in [-0.15, -0.1) is 0 Å². The third-order valence-corrected chi connectivity index (χ3v) is 4.21. The second-order valence-corrected chi connectivity index (χ2v) is 6.42. The van der Waals surface area contributed by atoms with Crippen LogP contribution in [0.2, 0.25) is 0 Å². The van der Waals surface area contributed by atoms with E-state index < -0.39 is 18.5 Å². The Morgan fingerprint density at radius 1 is 1.29 bits per heavy atom. The molecule has 1 heterocycles. The van der Waals surface area contributed by atoms with Gasteiger partial charge in [-0.1, -0.05) is 18.2 Å². The van der Waals surface area contributed by atoms with Crippen LogP contribution in [0.25, 0.3) is 11.0 Å². The second kappa shape index (κ2) is 8.57. The molecule has 9 heteroatoms. The first-order valence-corrected chi connectivity index (χ1v) is 8.81. The number of ether oxygens (including phenoxy) is 2. The number of nitrogens with one attached hydrogen (secondary N) is 1.